The quantitative estimate of drug-likeness (QED) is 0.701. The zero-order valence-electron chi connectivity index (χ0n) is 14.4. The van der Waals surface area contributed by atoms with Gasteiger partial charge >= 0.3 is 0 Å². The molecule has 2 atom stereocenters. The lowest BCUT2D eigenvalue weighted by atomic mass is 9.79. The van der Waals surface area contributed by atoms with E-state index in [1.54, 1.807) is 30.3 Å². The first-order chi connectivity index (χ1) is 13.0. The van der Waals surface area contributed by atoms with Gasteiger partial charge in [-0.1, -0.05) is 24.3 Å². The van der Waals surface area contributed by atoms with Crippen LogP contribution in [-0.4, -0.2) is 21.8 Å². The molecule has 136 valence electrons. The van der Waals surface area contributed by atoms with Crippen molar-refractivity contribution in [2.24, 2.45) is 4.99 Å². The van der Waals surface area contributed by atoms with E-state index >= 15 is 0 Å². The highest BCUT2D eigenvalue weighted by molar-refractivity contribution is 5.99. The van der Waals surface area contributed by atoms with E-state index < -0.39 is 11.5 Å². The van der Waals surface area contributed by atoms with Gasteiger partial charge in [0.05, 0.1) is 11.7 Å². The minimum absolute atomic E-state index is 0.243. The lowest BCUT2D eigenvalue weighted by Gasteiger charge is -2.34. The Balaban J connectivity index is 1.86. The van der Waals surface area contributed by atoms with Crippen molar-refractivity contribution in [3.8, 4) is 0 Å². The number of amidine groups is 1. The van der Waals surface area contributed by atoms with Crippen LogP contribution in [0.1, 0.15) is 23.7 Å². The average Bonchev–Trinajstić information content (AvgIpc) is 3.01. The fraction of sp³-hybridized carbons (Fsp3) is 0.150. The van der Waals surface area contributed by atoms with Crippen LogP contribution >= 0.6 is 0 Å². The van der Waals surface area contributed by atoms with E-state index in [4.69, 9.17) is 0 Å². The van der Waals surface area contributed by atoms with Crippen LogP contribution in [0.15, 0.2) is 70.6 Å². The summed E-state index contributed by atoms with van der Waals surface area (Å²) in [6.45, 7) is 1.90. The number of halogens is 2. The summed E-state index contributed by atoms with van der Waals surface area (Å²) in [5, 5.41) is 3.36. The number of nitrogens with zero attached hydrogens (tertiary/aromatic N) is 2. The van der Waals surface area contributed by atoms with Crippen LogP contribution < -0.4 is 10.9 Å². The zero-order valence-corrected chi connectivity index (χ0v) is 14.4. The molecule has 4 rings (SSSR count). The Kier molecular flexibility index (Phi) is 4.07. The molecule has 2 aromatic heterocycles. The number of hydrogen-bond donors (Lipinski definition) is 2. The summed E-state index contributed by atoms with van der Waals surface area (Å²) in [7, 11) is 0. The molecule has 0 fully saturated rings. The third kappa shape index (κ3) is 2.91. The highest BCUT2D eigenvalue weighted by Gasteiger charge is 2.45. The van der Waals surface area contributed by atoms with Crippen molar-refractivity contribution in [3.63, 3.8) is 0 Å². The molecule has 0 amide bonds. The zero-order chi connectivity index (χ0) is 19.0. The maximum absolute atomic E-state index is 13.5. The summed E-state index contributed by atoms with van der Waals surface area (Å²) in [5.74, 6) is -0.452. The molecule has 1 unspecified atom stereocenters. The number of nitrogens with one attached hydrogen (secondary N) is 2. The Morgan fingerprint density at radius 2 is 1.74 bits per heavy atom. The monoisotopic (exact) mass is 366 g/mol. The first-order valence-electron chi connectivity index (χ1n) is 8.43. The number of benzene rings is 1. The molecule has 0 aliphatic carbocycles. The molecule has 0 saturated heterocycles. The molecule has 0 spiro atoms. The summed E-state index contributed by atoms with van der Waals surface area (Å²) in [4.78, 5) is 22.9. The number of H-pyrrole nitrogens is 1. The lowest BCUT2D eigenvalue weighted by molar-refractivity contribution is 0.430. The molecule has 1 aliphatic rings. The molecule has 0 bridgehead atoms. The minimum Gasteiger partial charge on any atom is -0.353 e. The molecular weight excluding hydrogens is 350 g/mol. The first kappa shape index (κ1) is 17.1. The molecule has 0 saturated carbocycles. The van der Waals surface area contributed by atoms with Crippen molar-refractivity contribution < 1.29 is 8.78 Å². The number of hydrogen-bond acceptors (Lipinski definition) is 4. The smallest absolute Gasteiger partial charge is 0.248 e. The minimum atomic E-state index is -0.879. The van der Waals surface area contributed by atoms with Crippen molar-refractivity contribution in [1.82, 2.24) is 15.3 Å². The van der Waals surface area contributed by atoms with E-state index in [-0.39, 0.29) is 17.4 Å². The van der Waals surface area contributed by atoms with Crippen LogP contribution in [-0.2, 0) is 5.54 Å². The van der Waals surface area contributed by atoms with Crippen molar-refractivity contribution >= 4 is 5.84 Å². The van der Waals surface area contributed by atoms with Gasteiger partial charge in [0.15, 0.2) is 0 Å². The van der Waals surface area contributed by atoms with E-state index in [0.717, 1.165) is 5.56 Å². The van der Waals surface area contributed by atoms with Gasteiger partial charge in [-0.05, 0) is 36.8 Å². The van der Waals surface area contributed by atoms with Gasteiger partial charge in [0.25, 0.3) is 0 Å². The van der Waals surface area contributed by atoms with E-state index in [9.17, 15) is 13.6 Å². The molecule has 27 heavy (non-hydrogen) atoms. The van der Waals surface area contributed by atoms with Gasteiger partial charge in [-0.15, -0.1) is 0 Å². The highest BCUT2D eigenvalue weighted by Crippen LogP contribution is 2.38. The van der Waals surface area contributed by atoms with Crippen LogP contribution in [0.5, 0.6) is 0 Å². The van der Waals surface area contributed by atoms with Crippen LogP contribution in [0.3, 0.4) is 0 Å². The first-order valence-corrected chi connectivity index (χ1v) is 8.43. The Morgan fingerprint density at radius 1 is 1.00 bits per heavy atom. The van der Waals surface area contributed by atoms with E-state index in [1.165, 1.54) is 30.5 Å². The van der Waals surface area contributed by atoms with Gasteiger partial charge in [-0.3, -0.25) is 9.79 Å². The van der Waals surface area contributed by atoms with E-state index in [2.05, 4.69) is 20.3 Å². The normalized spacial score (nSPS) is 21.6. The Labute approximate surface area is 153 Å². The van der Waals surface area contributed by atoms with Crippen molar-refractivity contribution in [1.29, 1.82) is 0 Å². The maximum Gasteiger partial charge on any atom is 0.248 e. The molecule has 5 nitrogen and oxygen atoms in total. The van der Waals surface area contributed by atoms with Crippen LogP contribution in [0.25, 0.3) is 0 Å². The number of aliphatic imine (C=N–C) groups is 1. The van der Waals surface area contributed by atoms with Crippen LogP contribution in [0.4, 0.5) is 8.78 Å². The van der Waals surface area contributed by atoms with Crippen molar-refractivity contribution in [2.45, 2.75) is 18.5 Å². The second-order valence-corrected chi connectivity index (χ2v) is 6.39. The van der Waals surface area contributed by atoms with Crippen molar-refractivity contribution in [3.05, 3.63) is 99.7 Å². The maximum atomic E-state index is 13.5. The van der Waals surface area contributed by atoms with E-state index in [1.807, 2.05) is 6.92 Å². The summed E-state index contributed by atoms with van der Waals surface area (Å²) in [6, 6.07) is 13.4. The summed E-state index contributed by atoms with van der Waals surface area (Å²) in [5.41, 5.74) is 0.846. The Hall–Kier alpha value is -3.35. The number of pyridine rings is 2. The topological polar surface area (TPSA) is 70.1 Å². The average molecular weight is 366 g/mol. The predicted octanol–water partition coefficient (Wildman–Crippen LogP) is 2.73. The molecule has 3 aromatic rings. The fourth-order valence-corrected chi connectivity index (χ4v) is 3.45. The third-order valence-electron chi connectivity index (χ3n) is 4.77. The lowest BCUT2D eigenvalue weighted by Crippen LogP contribution is -2.48. The largest absolute Gasteiger partial charge is 0.353 e. The van der Waals surface area contributed by atoms with Gasteiger partial charge in [0.1, 0.15) is 17.2 Å². The number of rotatable bonds is 3. The van der Waals surface area contributed by atoms with Gasteiger partial charge in [0.2, 0.25) is 11.5 Å². The van der Waals surface area contributed by atoms with Crippen LogP contribution in [0, 0.1) is 11.8 Å². The summed E-state index contributed by atoms with van der Waals surface area (Å²) in [6.07, 6.45) is 1.44. The second kappa shape index (κ2) is 6.42. The van der Waals surface area contributed by atoms with Gasteiger partial charge in [-0.2, -0.15) is 4.39 Å². The van der Waals surface area contributed by atoms with Crippen molar-refractivity contribution in [2.75, 3.05) is 0 Å². The summed E-state index contributed by atoms with van der Waals surface area (Å²) >= 11 is 0. The second-order valence-electron chi connectivity index (χ2n) is 6.39. The predicted molar refractivity (Wildman–Crippen MR) is 97.6 cm³/mol. The number of aromatic nitrogens is 2. The SMILES string of the molecule is C[C@@H]1N=C(c2cccc(=O)[nH]2)NC1(c1ccc(F)cc1)c1ccc(F)nc1. The Morgan fingerprint density at radius 3 is 2.41 bits per heavy atom. The van der Waals surface area contributed by atoms with Crippen LogP contribution in [0.2, 0.25) is 0 Å². The molecule has 7 heteroatoms. The molecule has 1 aliphatic heterocycles. The van der Waals surface area contributed by atoms with E-state index in [0.29, 0.717) is 17.1 Å². The molecule has 0 radical (unpaired) electrons. The molecule has 2 N–H and O–H groups in total. The van der Waals surface area contributed by atoms with Gasteiger partial charge in [0, 0.05) is 17.8 Å². The molecule has 3 heterocycles. The Bertz CT molecular complexity index is 1010. The fourth-order valence-electron chi connectivity index (χ4n) is 3.45. The number of aromatic amines is 1. The standard InChI is InChI=1S/C20H16F2N4O/c1-12-20(13-5-8-15(21)9-6-13,14-7-10-17(22)23-11-14)26-19(24-12)16-3-2-4-18(27)25-16/h2-12H,1H3,(H,24,26)(H,25,27)/t12-,20?/m0/s1. The highest BCUT2D eigenvalue weighted by atomic mass is 19.1. The molecule has 1 aromatic carbocycles. The van der Waals surface area contributed by atoms with Gasteiger partial charge in [-0.25, -0.2) is 9.37 Å². The molecular formula is C20H16F2N4O. The van der Waals surface area contributed by atoms with Gasteiger partial charge < -0.3 is 10.3 Å². The third-order valence-corrected chi connectivity index (χ3v) is 4.77. The summed E-state index contributed by atoms with van der Waals surface area (Å²) < 4.78 is 26.9.